The largest absolute Gasteiger partial charge is 0.310 e. The lowest BCUT2D eigenvalue weighted by Crippen LogP contribution is -2.10. The minimum atomic E-state index is 1.09. The Bertz CT molecular complexity index is 3220. The van der Waals surface area contributed by atoms with E-state index < -0.39 is 0 Å². The van der Waals surface area contributed by atoms with E-state index in [0.717, 1.165) is 22.7 Å². The van der Waals surface area contributed by atoms with Gasteiger partial charge in [0.2, 0.25) is 0 Å². The van der Waals surface area contributed by atoms with Crippen LogP contribution in [0.2, 0.25) is 0 Å². The first-order valence-corrected chi connectivity index (χ1v) is 19.9. The SMILES string of the molecule is c1ccc(-c2ccc(N(c3ccccc3)c3ccc(-c4ccccc4-n4c5ccccc5c5ccccc54)c(-c4cc5ccccc5c5ccccc45)c3)cc2)cc1. The molecule has 0 bridgehead atoms. The Morgan fingerprint density at radius 3 is 1.52 bits per heavy atom. The summed E-state index contributed by atoms with van der Waals surface area (Å²) in [5.41, 5.74) is 13.9. The van der Waals surface area contributed by atoms with Crippen molar-refractivity contribution >= 4 is 60.4 Å². The molecule has 2 heteroatoms. The van der Waals surface area contributed by atoms with Crippen molar-refractivity contribution in [1.29, 1.82) is 0 Å². The second kappa shape index (κ2) is 14.1. The van der Waals surface area contributed by atoms with E-state index in [-0.39, 0.29) is 0 Å². The minimum absolute atomic E-state index is 1.09. The van der Waals surface area contributed by atoms with Gasteiger partial charge in [0, 0.05) is 33.4 Å². The third kappa shape index (κ3) is 5.66. The summed E-state index contributed by atoms with van der Waals surface area (Å²) in [6, 6.07) is 83.8. The van der Waals surface area contributed by atoms with Gasteiger partial charge in [-0.3, -0.25) is 0 Å². The monoisotopic (exact) mass is 738 g/mol. The molecule has 0 aliphatic rings. The minimum Gasteiger partial charge on any atom is -0.310 e. The molecule has 272 valence electrons. The van der Waals surface area contributed by atoms with E-state index in [1.54, 1.807) is 0 Å². The standard InChI is InChI=1S/C56H38N2/c1-3-17-39(18-4-1)40-31-33-43(34-32-40)57(42-20-5-2-6-21-42)44-35-36-48(53(38-44)52-37-41-19-7-8-22-45(41)46-23-9-10-24-47(46)52)49-25-11-14-28-54(49)58-55-29-15-12-26-50(55)51-27-13-16-30-56(51)58/h1-38H. The number of anilines is 3. The van der Waals surface area contributed by atoms with Crippen molar-refractivity contribution in [1.82, 2.24) is 4.57 Å². The lowest BCUT2D eigenvalue weighted by atomic mass is 9.88. The summed E-state index contributed by atoms with van der Waals surface area (Å²) >= 11 is 0. The zero-order valence-corrected chi connectivity index (χ0v) is 31.8. The molecule has 58 heavy (non-hydrogen) atoms. The van der Waals surface area contributed by atoms with Crippen LogP contribution in [0.3, 0.4) is 0 Å². The second-order valence-electron chi connectivity index (χ2n) is 14.9. The summed E-state index contributed by atoms with van der Waals surface area (Å²) in [4.78, 5) is 2.38. The second-order valence-corrected chi connectivity index (χ2v) is 14.9. The number of rotatable bonds is 7. The fourth-order valence-corrected chi connectivity index (χ4v) is 8.94. The van der Waals surface area contributed by atoms with Gasteiger partial charge in [0.1, 0.15) is 0 Å². The normalized spacial score (nSPS) is 11.4. The molecule has 0 saturated heterocycles. The molecule has 0 N–H and O–H groups in total. The maximum atomic E-state index is 2.45. The van der Waals surface area contributed by atoms with E-state index in [1.807, 2.05) is 0 Å². The number of hydrogen-bond donors (Lipinski definition) is 0. The highest BCUT2D eigenvalue weighted by Gasteiger charge is 2.21. The van der Waals surface area contributed by atoms with E-state index in [1.165, 1.54) is 76.7 Å². The third-order valence-corrected chi connectivity index (χ3v) is 11.6. The van der Waals surface area contributed by atoms with Crippen molar-refractivity contribution in [3.8, 4) is 39.1 Å². The average molecular weight is 739 g/mol. The fourth-order valence-electron chi connectivity index (χ4n) is 8.94. The number of fused-ring (bicyclic) bond motifs is 6. The topological polar surface area (TPSA) is 8.17 Å². The molecular formula is C56H38N2. The fraction of sp³-hybridized carbons (Fsp3) is 0. The Morgan fingerprint density at radius 1 is 0.276 bits per heavy atom. The Balaban J connectivity index is 1.19. The van der Waals surface area contributed by atoms with Gasteiger partial charge in [-0.15, -0.1) is 0 Å². The van der Waals surface area contributed by atoms with Gasteiger partial charge < -0.3 is 9.47 Å². The molecule has 0 spiro atoms. The van der Waals surface area contributed by atoms with Crippen LogP contribution in [0.4, 0.5) is 17.1 Å². The summed E-state index contributed by atoms with van der Waals surface area (Å²) in [7, 11) is 0. The highest BCUT2D eigenvalue weighted by molar-refractivity contribution is 6.15. The molecule has 0 atom stereocenters. The first kappa shape index (κ1) is 33.6. The summed E-state index contributed by atoms with van der Waals surface area (Å²) in [5, 5.41) is 7.46. The smallest absolute Gasteiger partial charge is 0.0541 e. The molecule has 0 aliphatic carbocycles. The van der Waals surface area contributed by atoms with Crippen molar-refractivity contribution in [2.45, 2.75) is 0 Å². The molecule has 0 amide bonds. The van der Waals surface area contributed by atoms with Crippen LogP contribution in [0.5, 0.6) is 0 Å². The van der Waals surface area contributed by atoms with Gasteiger partial charge in [0.05, 0.1) is 16.7 Å². The van der Waals surface area contributed by atoms with Crippen LogP contribution in [0, 0.1) is 0 Å². The van der Waals surface area contributed by atoms with E-state index in [0.29, 0.717) is 0 Å². The molecule has 1 aromatic heterocycles. The van der Waals surface area contributed by atoms with Crippen molar-refractivity contribution < 1.29 is 0 Å². The van der Waals surface area contributed by atoms with Crippen molar-refractivity contribution in [3.63, 3.8) is 0 Å². The van der Waals surface area contributed by atoms with Crippen molar-refractivity contribution in [2.75, 3.05) is 4.90 Å². The predicted octanol–water partition coefficient (Wildman–Crippen LogP) is 15.6. The summed E-state index contributed by atoms with van der Waals surface area (Å²) < 4.78 is 2.45. The number of benzene rings is 10. The number of para-hydroxylation sites is 4. The van der Waals surface area contributed by atoms with Crippen LogP contribution in [0.15, 0.2) is 231 Å². The van der Waals surface area contributed by atoms with Gasteiger partial charge in [0.15, 0.2) is 0 Å². The molecule has 0 radical (unpaired) electrons. The Kier molecular flexibility index (Phi) is 8.19. The van der Waals surface area contributed by atoms with Crippen LogP contribution in [-0.2, 0) is 0 Å². The Morgan fingerprint density at radius 2 is 0.793 bits per heavy atom. The van der Waals surface area contributed by atoms with Gasteiger partial charge in [-0.05, 0) is 110 Å². The first-order chi connectivity index (χ1) is 28.8. The summed E-state index contributed by atoms with van der Waals surface area (Å²) in [5.74, 6) is 0. The zero-order valence-electron chi connectivity index (χ0n) is 31.8. The van der Waals surface area contributed by atoms with Gasteiger partial charge in [-0.2, -0.15) is 0 Å². The lowest BCUT2D eigenvalue weighted by molar-refractivity contribution is 1.18. The molecule has 0 saturated carbocycles. The maximum Gasteiger partial charge on any atom is 0.0541 e. The van der Waals surface area contributed by atoms with Crippen LogP contribution in [-0.4, -0.2) is 4.57 Å². The van der Waals surface area contributed by atoms with Crippen LogP contribution in [0.25, 0.3) is 82.4 Å². The van der Waals surface area contributed by atoms with Crippen molar-refractivity contribution in [2.24, 2.45) is 0 Å². The molecule has 0 unspecified atom stereocenters. The Labute approximate surface area is 338 Å². The molecule has 10 aromatic carbocycles. The zero-order chi connectivity index (χ0) is 38.4. The molecule has 0 aliphatic heterocycles. The molecule has 0 fully saturated rings. The molecular weight excluding hydrogens is 701 g/mol. The summed E-state index contributed by atoms with van der Waals surface area (Å²) in [6.07, 6.45) is 0. The molecule has 1 heterocycles. The maximum absolute atomic E-state index is 2.45. The van der Waals surface area contributed by atoms with Gasteiger partial charge in [0.25, 0.3) is 0 Å². The highest BCUT2D eigenvalue weighted by atomic mass is 15.1. The third-order valence-electron chi connectivity index (χ3n) is 11.6. The van der Waals surface area contributed by atoms with E-state index in [2.05, 4.69) is 240 Å². The van der Waals surface area contributed by atoms with Crippen LogP contribution in [0.1, 0.15) is 0 Å². The van der Waals surface area contributed by atoms with E-state index in [9.17, 15) is 0 Å². The van der Waals surface area contributed by atoms with Crippen molar-refractivity contribution in [3.05, 3.63) is 231 Å². The van der Waals surface area contributed by atoms with Crippen LogP contribution >= 0.6 is 0 Å². The van der Waals surface area contributed by atoms with Gasteiger partial charge in [-0.25, -0.2) is 0 Å². The van der Waals surface area contributed by atoms with E-state index in [4.69, 9.17) is 0 Å². The van der Waals surface area contributed by atoms with Crippen LogP contribution < -0.4 is 4.90 Å². The molecule has 11 rings (SSSR count). The molecule has 2 nitrogen and oxygen atoms in total. The average Bonchev–Trinajstić information content (AvgIpc) is 3.64. The van der Waals surface area contributed by atoms with E-state index >= 15 is 0 Å². The number of hydrogen-bond acceptors (Lipinski definition) is 1. The lowest BCUT2D eigenvalue weighted by Gasteiger charge is -2.27. The number of aromatic nitrogens is 1. The highest BCUT2D eigenvalue weighted by Crippen LogP contribution is 2.46. The summed E-state index contributed by atoms with van der Waals surface area (Å²) in [6.45, 7) is 0. The van der Waals surface area contributed by atoms with Gasteiger partial charge >= 0.3 is 0 Å². The Hall–Kier alpha value is -7.68. The predicted molar refractivity (Wildman–Crippen MR) is 247 cm³/mol. The number of nitrogens with zero attached hydrogens (tertiary/aromatic N) is 2. The molecule has 11 aromatic rings. The van der Waals surface area contributed by atoms with Gasteiger partial charge in [-0.1, -0.05) is 170 Å². The quantitative estimate of drug-likeness (QED) is 0.148. The first-order valence-electron chi connectivity index (χ1n) is 19.9.